The van der Waals surface area contributed by atoms with Gasteiger partial charge in [-0.3, -0.25) is 0 Å². The largest absolute Gasteiger partial charge is 0.478 e. The monoisotopic (exact) mass is 268 g/mol. The van der Waals surface area contributed by atoms with Gasteiger partial charge in [-0.25, -0.2) is 9.78 Å². The Labute approximate surface area is 107 Å². The highest BCUT2D eigenvalue weighted by Crippen LogP contribution is 2.24. The maximum absolute atomic E-state index is 10.8. The van der Waals surface area contributed by atoms with Crippen LogP contribution in [0.3, 0.4) is 0 Å². The van der Waals surface area contributed by atoms with Crippen molar-refractivity contribution in [3.63, 3.8) is 0 Å². The number of hydrogen-bond donors (Lipinski definition) is 2. The lowest BCUT2D eigenvalue weighted by Crippen LogP contribution is -2.00. The Bertz CT molecular complexity index is 568. The molecule has 0 aliphatic rings. The van der Waals surface area contributed by atoms with Crippen LogP contribution in [0, 0.1) is 6.92 Å². The third kappa shape index (κ3) is 2.75. The Kier molecular flexibility index (Phi) is 3.31. The second-order valence-electron chi connectivity index (χ2n) is 3.44. The zero-order valence-electron chi connectivity index (χ0n) is 8.90. The van der Waals surface area contributed by atoms with E-state index in [4.69, 9.17) is 16.7 Å². The second-order valence-corrected chi connectivity index (χ2v) is 4.68. The first kappa shape index (κ1) is 11.9. The number of hydrogen-bond acceptors (Lipinski definition) is 4. The molecule has 0 unspecified atom stereocenters. The van der Waals surface area contributed by atoms with Crippen molar-refractivity contribution < 1.29 is 9.90 Å². The highest BCUT2D eigenvalue weighted by Gasteiger charge is 2.07. The quantitative estimate of drug-likeness (QED) is 0.894. The van der Waals surface area contributed by atoms with Crippen molar-refractivity contribution >= 4 is 39.7 Å². The van der Waals surface area contributed by atoms with Gasteiger partial charge in [0.15, 0.2) is 5.13 Å². The highest BCUT2D eigenvalue weighted by atomic mass is 35.5. The molecular weight excluding hydrogens is 260 g/mol. The van der Waals surface area contributed by atoms with E-state index in [2.05, 4.69) is 10.3 Å². The summed E-state index contributed by atoms with van der Waals surface area (Å²) in [5.41, 5.74) is 1.79. The first-order chi connectivity index (χ1) is 8.06. The zero-order chi connectivity index (χ0) is 12.4. The number of carboxylic acid groups (broad SMARTS) is 1. The van der Waals surface area contributed by atoms with Crippen LogP contribution in [0.2, 0.25) is 5.15 Å². The fraction of sp³-hybridized carbons (Fsp3) is 0.0909. The molecule has 2 N–H and O–H groups in total. The van der Waals surface area contributed by atoms with Gasteiger partial charge in [-0.15, -0.1) is 11.3 Å². The number of carbonyl (C=O) groups is 1. The molecule has 0 atom stereocenters. The third-order valence-electron chi connectivity index (χ3n) is 2.18. The van der Waals surface area contributed by atoms with Gasteiger partial charge in [0.25, 0.3) is 0 Å². The molecule has 1 aromatic carbocycles. The fourth-order valence-corrected chi connectivity index (χ4v) is 2.27. The van der Waals surface area contributed by atoms with Crippen molar-refractivity contribution in [3.8, 4) is 0 Å². The molecule has 88 valence electrons. The van der Waals surface area contributed by atoms with Crippen molar-refractivity contribution in [2.24, 2.45) is 0 Å². The number of benzene rings is 1. The van der Waals surface area contributed by atoms with E-state index in [0.717, 1.165) is 5.69 Å². The number of rotatable bonds is 3. The minimum atomic E-state index is -0.925. The van der Waals surface area contributed by atoms with Crippen LogP contribution in [0.5, 0.6) is 0 Å². The topological polar surface area (TPSA) is 62.2 Å². The molecule has 0 radical (unpaired) electrons. The number of aryl methyl sites for hydroxylation is 1. The van der Waals surface area contributed by atoms with Crippen molar-refractivity contribution in [2.75, 3.05) is 5.32 Å². The zero-order valence-corrected chi connectivity index (χ0v) is 10.5. The molecule has 6 heteroatoms. The number of anilines is 2. The summed E-state index contributed by atoms with van der Waals surface area (Å²) in [4.78, 5) is 14.9. The summed E-state index contributed by atoms with van der Waals surface area (Å²) in [5, 5.41) is 14.8. The molecule has 2 aromatic rings. The summed E-state index contributed by atoms with van der Waals surface area (Å²) in [6.45, 7) is 1.75. The summed E-state index contributed by atoms with van der Waals surface area (Å²) in [6, 6.07) is 5.03. The summed E-state index contributed by atoms with van der Waals surface area (Å²) < 4.78 is 0. The first-order valence-electron chi connectivity index (χ1n) is 4.78. The average Bonchev–Trinajstić information content (AvgIpc) is 2.63. The molecule has 1 heterocycles. The van der Waals surface area contributed by atoms with Gasteiger partial charge in [0.05, 0.1) is 5.56 Å². The smallest absolute Gasteiger partial charge is 0.335 e. The molecule has 1 aromatic heterocycles. The van der Waals surface area contributed by atoms with Gasteiger partial charge in [0.1, 0.15) is 5.15 Å². The number of halogens is 1. The van der Waals surface area contributed by atoms with E-state index >= 15 is 0 Å². The Morgan fingerprint density at radius 1 is 1.53 bits per heavy atom. The molecule has 0 fully saturated rings. The fourth-order valence-electron chi connectivity index (χ4n) is 1.42. The van der Waals surface area contributed by atoms with E-state index in [1.165, 1.54) is 11.3 Å². The molecule has 17 heavy (non-hydrogen) atoms. The lowest BCUT2D eigenvalue weighted by Gasteiger charge is -2.05. The molecule has 2 rings (SSSR count). The number of nitrogens with one attached hydrogen (secondary N) is 1. The second kappa shape index (κ2) is 4.73. The Hall–Kier alpha value is -1.59. The van der Waals surface area contributed by atoms with Gasteiger partial charge in [-0.2, -0.15) is 0 Å². The molecular formula is C11H9ClN2O2S. The summed E-state index contributed by atoms with van der Waals surface area (Å²) in [7, 11) is 0. The predicted molar refractivity (Wildman–Crippen MR) is 68.5 cm³/mol. The van der Waals surface area contributed by atoms with Crippen LogP contribution in [0.25, 0.3) is 0 Å². The van der Waals surface area contributed by atoms with Gasteiger partial charge in [-0.1, -0.05) is 11.6 Å². The van der Waals surface area contributed by atoms with Crippen molar-refractivity contribution in [3.05, 3.63) is 39.9 Å². The van der Waals surface area contributed by atoms with Gasteiger partial charge in [0, 0.05) is 11.1 Å². The minimum absolute atomic E-state index is 0.299. The minimum Gasteiger partial charge on any atom is -0.478 e. The van der Waals surface area contributed by atoms with Gasteiger partial charge in [0.2, 0.25) is 0 Å². The van der Waals surface area contributed by atoms with Crippen LogP contribution < -0.4 is 5.32 Å². The van der Waals surface area contributed by atoms with E-state index in [0.29, 0.717) is 21.4 Å². The van der Waals surface area contributed by atoms with Crippen LogP contribution in [-0.4, -0.2) is 16.1 Å². The third-order valence-corrected chi connectivity index (χ3v) is 3.26. The van der Waals surface area contributed by atoms with Crippen LogP contribution in [0.15, 0.2) is 23.6 Å². The molecule has 0 saturated carbocycles. The molecule has 0 spiro atoms. The van der Waals surface area contributed by atoms with Crippen molar-refractivity contribution in [2.45, 2.75) is 6.92 Å². The highest BCUT2D eigenvalue weighted by molar-refractivity contribution is 7.14. The summed E-state index contributed by atoms with van der Waals surface area (Å²) >= 11 is 7.10. The Morgan fingerprint density at radius 3 is 2.82 bits per heavy atom. The number of aromatic carboxylic acids is 1. The summed E-state index contributed by atoms with van der Waals surface area (Å²) in [6.07, 6.45) is 0. The number of carboxylic acids is 1. The molecule has 0 aliphatic heterocycles. The van der Waals surface area contributed by atoms with E-state index in [1.807, 2.05) is 0 Å². The van der Waals surface area contributed by atoms with Crippen LogP contribution in [0.4, 0.5) is 10.8 Å². The van der Waals surface area contributed by atoms with E-state index in [9.17, 15) is 4.79 Å². The number of nitrogens with zero attached hydrogens (tertiary/aromatic N) is 1. The Morgan fingerprint density at radius 2 is 2.29 bits per heavy atom. The molecule has 4 nitrogen and oxygen atoms in total. The van der Waals surface area contributed by atoms with Crippen LogP contribution in [-0.2, 0) is 0 Å². The lowest BCUT2D eigenvalue weighted by molar-refractivity contribution is 0.0696. The first-order valence-corrected chi connectivity index (χ1v) is 6.04. The predicted octanol–water partition coefficient (Wildman–Crippen LogP) is 3.55. The number of thiazole rings is 1. The summed E-state index contributed by atoms with van der Waals surface area (Å²) in [5.74, 6) is -0.925. The molecule has 0 saturated heterocycles. The number of aromatic nitrogens is 1. The molecule has 0 aliphatic carbocycles. The average molecular weight is 269 g/mol. The van der Waals surface area contributed by atoms with Gasteiger partial charge in [-0.05, 0) is 30.7 Å². The Balaban J connectivity index is 2.23. The van der Waals surface area contributed by atoms with E-state index in [-0.39, 0.29) is 0 Å². The SMILES string of the molecule is Cc1cc(Nc2nc(Cl)cs2)ccc1C(=O)O. The van der Waals surface area contributed by atoms with Crippen LogP contribution in [0.1, 0.15) is 15.9 Å². The standard InChI is InChI=1S/C11H9ClN2O2S/c1-6-4-7(2-3-8(6)10(15)16)13-11-14-9(12)5-17-11/h2-5H,1H3,(H,13,14)(H,15,16). The normalized spacial score (nSPS) is 10.2. The van der Waals surface area contributed by atoms with Gasteiger partial charge < -0.3 is 10.4 Å². The lowest BCUT2D eigenvalue weighted by atomic mass is 10.1. The maximum atomic E-state index is 10.8. The molecule has 0 bridgehead atoms. The van der Waals surface area contributed by atoms with Crippen LogP contribution >= 0.6 is 22.9 Å². The van der Waals surface area contributed by atoms with E-state index < -0.39 is 5.97 Å². The van der Waals surface area contributed by atoms with E-state index in [1.54, 1.807) is 30.5 Å². The molecule has 0 amide bonds. The van der Waals surface area contributed by atoms with Crippen molar-refractivity contribution in [1.29, 1.82) is 0 Å². The maximum Gasteiger partial charge on any atom is 0.335 e. The van der Waals surface area contributed by atoms with Gasteiger partial charge >= 0.3 is 5.97 Å². The van der Waals surface area contributed by atoms with Crippen molar-refractivity contribution in [1.82, 2.24) is 4.98 Å².